The quantitative estimate of drug-likeness (QED) is 0.751. The fraction of sp³-hybridized carbons (Fsp3) is 0.533. The Bertz CT molecular complexity index is 434. The minimum absolute atomic E-state index is 0.141. The Labute approximate surface area is 119 Å². The lowest BCUT2D eigenvalue weighted by Gasteiger charge is -2.15. The molecule has 1 aromatic rings. The van der Waals surface area contributed by atoms with E-state index >= 15 is 0 Å². The van der Waals surface area contributed by atoms with Crippen LogP contribution < -0.4 is 10.1 Å². The van der Waals surface area contributed by atoms with Crippen LogP contribution in [0.3, 0.4) is 0 Å². The van der Waals surface area contributed by atoms with E-state index in [4.69, 9.17) is 14.6 Å². The van der Waals surface area contributed by atoms with E-state index in [0.29, 0.717) is 13.2 Å². The summed E-state index contributed by atoms with van der Waals surface area (Å²) in [6.07, 6.45) is 0.244. The Morgan fingerprint density at radius 2 is 2.15 bits per heavy atom. The third-order valence-electron chi connectivity index (χ3n) is 3.09. The third kappa shape index (κ3) is 5.19. The molecule has 1 rings (SSSR count). The number of carbonyl (C=O) groups excluding carboxylic acids is 1. The summed E-state index contributed by atoms with van der Waals surface area (Å²) in [6.45, 7) is 4.47. The van der Waals surface area contributed by atoms with Gasteiger partial charge in [0.05, 0.1) is 32.3 Å². The van der Waals surface area contributed by atoms with Crippen LogP contribution in [0.4, 0.5) is 0 Å². The van der Waals surface area contributed by atoms with E-state index in [0.717, 1.165) is 16.9 Å². The monoisotopic (exact) mass is 281 g/mol. The van der Waals surface area contributed by atoms with Crippen molar-refractivity contribution in [2.45, 2.75) is 26.3 Å². The van der Waals surface area contributed by atoms with Gasteiger partial charge in [0.15, 0.2) is 0 Å². The number of ether oxygens (including phenoxy) is 2. The predicted molar refractivity (Wildman–Crippen MR) is 76.9 cm³/mol. The maximum atomic E-state index is 11.7. The van der Waals surface area contributed by atoms with Crippen LogP contribution in [0, 0.1) is 13.8 Å². The van der Waals surface area contributed by atoms with Crippen molar-refractivity contribution < 1.29 is 19.4 Å². The average Bonchev–Trinajstić information content (AvgIpc) is 2.43. The van der Waals surface area contributed by atoms with Crippen molar-refractivity contribution in [1.82, 2.24) is 5.32 Å². The second-order valence-corrected chi connectivity index (χ2v) is 4.70. The summed E-state index contributed by atoms with van der Waals surface area (Å²) in [5.41, 5.74) is 2.24. The number of rotatable bonds is 8. The third-order valence-corrected chi connectivity index (χ3v) is 3.09. The first-order chi connectivity index (χ1) is 9.58. The highest BCUT2D eigenvalue weighted by Crippen LogP contribution is 2.20. The van der Waals surface area contributed by atoms with Gasteiger partial charge in [0.25, 0.3) is 0 Å². The average molecular weight is 281 g/mol. The van der Waals surface area contributed by atoms with E-state index in [1.807, 2.05) is 32.0 Å². The highest BCUT2D eigenvalue weighted by Gasteiger charge is 2.11. The summed E-state index contributed by atoms with van der Waals surface area (Å²) in [4.78, 5) is 11.7. The van der Waals surface area contributed by atoms with Crippen LogP contribution in [0.5, 0.6) is 5.75 Å². The van der Waals surface area contributed by atoms with Crippen LogP contribution in [0.2, 0.25) is 0 Å². The van der Waals surface area contributed by atoms with Crippen LogP contribution in [0.15, 0.2) is 18.2 Å². The van der Waals surface area contributed by atoms with Gasteiger partial charge in [0.1, 0.15) is 5.75 Å². The maximum absolute atomic E-state index is 11.7. The molecule has 1 atom stereocenters. The molecule has 1 unspecified atom stereocenters. The number of carbonyl (C=O) groups is 1. The van der Waals surface area contributed by atoms with Gasteiger partial charge in [0, 0.05) is 7.11 Å². The van der Waals surface area contributed by atoms with E-state index in [1.165, 1.54) is 7.11 Å². The molecule has 0 saturated carbocycles. The topological polar surface area (TPSA) is 67.8 Å². The zero-order valence-corrected chi connectivity index (χ0v) is 12.3. The summed E-state index contributed by atoms with van der Waals surface area (Å²) >= 11 is 0. The molecule has 1 amide bonds. The number of aryl methyl sites for hydroxylation is 1. The van der Waals surface area contributed by atoms with Gasteiger partial charge >= 0.3 is 0 Å². The van der Waals surface area contributed by atoms with Crippen molar-refractivity contribution in [2.24, 2.45) is 0 Å². The number of hydrogen-bond donors (Lipinski definition) is 2. The molecular formula is C15H23NO4. The second kappa shape index (κ2) is 8.55. The van der Waals surface area contributed by atoms with Gasteiger partial charge in [-0.2, -0.15) is 0 Å². The van der Waals surface area contributed by atoms with Crippen molar-refractivity contribution >= 4 is 5.91 Å². The number of benzene rings is 1. The number of nitrogens with one attached hydrogen (secondary N) is 1. The molecule has 5 nitrogen and oxygen atoms in total. The first kappa shape index (κ1) is 16.5. The van der Waals surface area contributed by atoms with E-state index in [9.17, 15) is 4.79 Å². The molecule has 0 spiro atoms. The molecular weight excluding hydrogens is 258 g/mol. The Kier molecular flexibility index (Phi) is 7.04. The van der Waals surface area contributed by atoms with E-state index in [2.05, 4.69) is 5.32 Å². The molecule has 0 radical (unpaired) electrons. The van der Waals surface area contributed by atoms with Crippen LogP contribution >= 0.6 is 0 Å². The first-order valence-electron chi connectivity index (χ1n) is 6.66. The smallest absolute Gasteiger partial charge is 0.223 e. The largest absolute Gasteiger partial charge is 0.493 e. The lowest BCUT2D eigenvalue weighted by molar-refractivity contribution is -0.123. The lowest BCUT2D eigenvalue weighted by atomic mass is 10.1. The van der Waals surface area contributed by atoms with Gasteiger partial charge < -0.3 is 19.9 Å². The molecule has 5 heteroatoms. The van der Waals surface area contributed by atoms with Crippen LogP contribution in [0.1, 0.15) is 17.5 Å². The molecule has 0 aliphatic carbocycles. The number of amides is 1. The zero-order valence-electron chi connectivity index (χ0n) is 12.3. The van der Waals surface area contributed by atoms with E-state index in [1.54, 1.807) is 0 Å². The molecule has 112 valence electrons. The summed E-state index contributed by atoms with van der Waals surface area (Å²) in [5, 5.41) is 11.7. The minimum atomic E-state index is -0.367. The molecule has 2 N–H and O–H groups in total. The fourth-order valence-electron chi connectivity index (χ4n) is 1.78. The highest BCUT2D eigenvalue weighted by molar-refractivity contribution is 5.76. The molecule has 0 aliphatic rings. The number of aliphatic hydroxyl groups is 1. The molecule has 0 bridgehead atoms. The van der Waals surface area contributed by atoms with Gasteiger partial charge in [-0.1, -0.05) is 12.1 Å². The molecule has 0 saturated heterocycles. The minimum Gasteiger partial charge on any atom is -0.493 e. The second-order valence-electron chi connectivity index (χ2n) is 4.70. The normalized spacial score (nSPS) is 12.0. The standard InChI is InChI=1S/C15H23NO4/c1-11-5-4-6-14(12(11)2)20-8-7-15(18)16-13(9-17)10-19-3/h4-6,13,17H,7-10H2,1-3H3,(H,16,18). The van der Waals surface area contributed by atoms with Gasteiger partial charge in [-0.25, -0.2) is 0 Å². The number of methoxy groups -OCH3 is 1. The zero-order chi connectivity index (χ0) is 15.0. The number of hydrogen-bond acceptors (Lipinski definition) is 4. The summed E-state index contributed by atoms with van der Waals surface area (Å²) in [6, 6.07) is 5.47. The van der Waals surface area contributed by atoms with E-state index in [-0.39, 0.29) is 25.0 Å². The van der Waals surface area contributed by atoms with Crippen LogP contribution in [-0.2, 0) is 9.53 Å². The summed E-state index contributed by atoms with van der Waals surface area (Å²) < 4.78 is 10.5. The lowest BCUT2D eigenvalue weighted by Crippen LogP contribution is -2.41. The van der Waals surface area contributed by atoms with Crippen molar-refractivity contribution in [3.05, 3.63) is 29.3 Å². The first-order valence-corrected chi connectivity index (χ1v) is 6.66. The van der Waals surface area contributed by atoms with Crippen LogP contribution in [-0.4, -0.2) is 44.0 Å². The van der Waals surface area contributed by atoms with Crippen LogP contribution in [0.25, 0.3) is 0 Å². The molecule has 0 fully saturated rings. The van der Waals surface area contributed by atoms with E-state index < -0.39 is 0 Å². The SMILES string of the molecule is COCC(CO)NC(=O)CCOc1cccc(C)c1C. The Balaban J connectivity index is 2.36. The molecule has 0 heterocycles. The number of aliphatic hydroxyl groups excluding tert-OH is 1. The predicted octanol–water partition coefficient (Wildman–Crippen LogP) is 1.20. The maximum Gasteiger partial charge on any atom is 0.223 e. The highest BCUT2D eigenvalue weighted by atomic mass is 16.5. The molecule has 1 aromatic carbocycles. The van der Waals surface area contributed by atoms with Crippen molar-refractivity contribution in [3.63, 3.8) is 0 Å². The molecule has 20 heavy (non-hydrogen) atoms. The fourth-order valence-corrected chi connectivity index (χ4v) is 1.78. The molecule has 0 aromatic heterocycles. The van der Waals surface area contributed by atoms with Crippen molar-refractivity contribution in [3.8, 4) is 5.75 Å². The van der Waals surface area contributed by atoms with Gasteiger partial charge in [-0.15, -0.1) is 0 Å². The Hall–Kier alpha value is -1.59. The Morgan fingerprint density at radius 1 is 1.40 bits per heavy atom. The Morgan fingerprint density at radius 3 is 2.80 bits per heavy atom. The van der Waals surface area contributed by atoms with Gasteiger partial charge in [-0.3, -0.25) is 4.79 Å². The van der Waals surface area contributed by atoms with Gasteiger partial charge in [0.2, 0.25) is 5.91 Å². The van der Waals surface area contributed by atoms with Crippen molar-refractivity contribution in [2.75, 3.05) is 26.9 Å². The van der Waals surface area contributed by atoms with Crippen molar-refractivity contribution in [1.29, 1.82) is 0 Å². The van der Waals surface area contributed by atoms with Gasteiger partial charge in [-0.05, 0) is 31.0 Å². The summed E-state index contributed by atoms with van der Waals surface area (Å²) in [5.74, 6) is 0.639. The summed E-state index contributed by atoms with van der Waals surface area (Å²) in [7, 11) is 1.53. The molecule has 0 aliphatic heterocycles.